The molecule has 0 amide bonds. The topological polar surface area (TPSA) is 35.5 Å². The van der Waals surface area contributed by atoms with Crippen molar-refractivity contribution >= 4 is 6.29 Å². The van der Waals surface area contributed by atoms with Crippen LogP contribution in [0.3, 0.4) is 0 Å². The van der Waals surface area contributed by atoms with Gasteiger partial charge < -0.3 is 9.47 Å². The van der Waals surface area contributed by atoms with E-state index in [2.05, 4.69) is 0 Å². The molecule has 0 N–H and O–H groups in total. The summed E-state index contributed by atoms with van der Waals surface area (Å²) >= 11 is 0. The number of benzene rings is 3. The normalized spacial score (nSPS) is 9.65. The highest BCUT2D eigenvalue weighted by Crippen LogP contribution is 2.23. The fourth-order valence-electron chi connectivity index (χ4n) is 2.15. The molecule has 3 rings (SSSR count). The fourth-order valence-corrected chi connectivity index (χ4v) is 2.15. The van der Waals surface area contributed by atoms with E-state index in [0.29, 0.717) is 29.4 Å². The Hall–Kier alpha value is -3.14. The highest BCUT2D eigenvalue weighted by molar-refractivity contribution is 5.74. The van der Waals surface area contributed by atoms with Crippen LogP contribution in [0.25, 0.3) is 0 Å². The molecule has 0 aliphatic heterocycles. The molecule has 0 bridgehead atoms. The maximum absolute atomic E-state index is 12.9. The van der Waals surface area contributed by atoms with Crippen LogP contribution in [0, 0.1) is 5.82 Å². The lowest BCUT2D eigenvalue weighted by atomic mass is 10.2. The molecule has 0 unspecified atom stereocenters. The first-order chi connectivity index (χ1) is 12.7. The molecule has 3 aromatic rings. The molecule has 4 heteroatoms. The van der Waals surface area contributed by atoms with Gasteiger partial charge in [0.1, 0.15) is 36.0 Å². The molecule has 0 atom stereocenters. The van der Waals surface area contributed by atoms with Crippen molar-refractivity contribution in [3.63, 3.8) is 0 Å². The van der Waals surface area contributed by atoms with Gasteiger partial charge in [0.25, 0.3) is 0 Å². The predicted octanol–water partition coefficient (Wildman–Crippen LogP) is 6.04. The van der Waals surface area contributed by atoms with Gasteiger partial charge in [-0.15, -0.1) is 0 Å². The van der Waals surface area contributed by atoms with Crippen LogP contribution in [0.4, 0.5) is 4.39 Å². The molecule has 0 aliphatic rings. The van der Waals surface area contributed by atoms with Crippen molar-refractivity contribution in [2.75, 3.05) is 0 Å². The standard InChI is InChI=1S/C20H15FO3.C2H6/c21-17-6-10-19(11-7-17)24-20-3-1-2-16(12-20)14-23-18-8-4-15(13-22)5-9-18;1-2/h1-13H,14H2;1-2H3. The van der Waals surface area contributed by atoms with Crippen LogP contribution in [-0.4, -0.2) is 6.29 Å². The van der Waals surface area contributed by atoms with Crippen LogP contribution < -0.4 is 9.47 Å². The molecule has 3 aromatic carbocycles. The van der Waals surface area contributed by atoms with E-state index in [-0.39, 0.29) is 5.82 Å². The number of carbonyl (C=O) groups excluding carboxylic acids is 1. The summed E-state index contributed by atoms with van der Waals surface area (Å²) in [5, 5.41) is 0. The summed E-state index contributed by atoms with van der Waals surface area (Å²) in [6, 6.07) is 20.3. The Morgan fingerprint density at radius 3 is 2.15 bits per heavy atom. The van der Waals surface area contributed by atoms with E-state index in [9.17, 15) is 9.18 Å². The number of halogens is 1. The van der Waals surface area contributed by atoms with Crippen LogP contribution in [0.15, 0.2) is 72.8 Å². The Morgan fingerprint density at radius 2 is 1.50 bits per heavy atom. The molecule has 0 radical (unpaired) electrons. The molecule has 3 nitrogen and oxygen atoms in total. The second-order valence-electron chi connectivity index (χ2n) is 5.18. The number of carbonyl (C=O) groups is 1. The van der Waals surface area contributed by atoms with Crippen LogP contribution in [0.5, 0.6) is 17.2 Å². The van der Waals surface area contributed by atoms with E-state index in [1.165, 1.54) is 12.1 Å². The van der Waals surface area contributed by atoms with Gasteiger partial charge in [-0.2, -0.15) is 0 Å². The van der Waals surface area contributed by atoms with Crippen molar-refractivity contribution in [3.8, 4) is 17.2 Å². The molecule has 0 spiro atoms. The van der Waals surface area contributed by atoms with Crippen molar-refractivity contribution in [1.82, 2.24) is 0 Å². The van der Waals surface area contributed by atoms with E-state index in [1.54, 1.807) is 36.4 Å². The molecule has 26 heavy (non-hydrogen) atoms. The Kier molecular flexibility index (Phi) is 7.37. The number of ether oxygens (including phenoxy) is 2. The van der Waals surface area contributed by atoms with E-state index >= 15 is 0 Å². The molecular formula is C22H21FO3. The van der Waals surface area contributed by atoms with E-state index in [1.807, 2.05) is 38.1 Å². The van der Waals surface area contributed by atoms with Crippen molar-refractivity contribution in [2.24, 2.45) is 0 Å². The monoisotopic (exact) mass is 352 g/mol. The molecule has 0 saturated heterocycles. The molecule has 134 valence electrons. The van der Waals surface area contributed by atoms with Crippen LogP contribution in [-0.2, 0) is 6.61 Å². The van der Waals surface area contributed by atoms with Gasteiger partial charge in [-0.05, 0) is 66.2 Å². The maximum Gasteiger partial charge on any atom is 0.150 e. The number of hydrogen-bond donors (Lipinski definition) is 0. The van der Waals surface area contributed by atoms with Crippen LogP contribution in [0.2, 0.25) is 0 Å². The van der Waals surface area contributed by atoms with Gasteiger partial charge in [-0.1, -0.05) is 26.0 Å². The maximum atomic E-state index is 12.9. The Labute approximate surface area is 153 Å². The highest BCUT2D eigenvalue weighted by Gasteiger charge is 2.01. The minimum atomic E-state index is -0.301. The molecular weight excluding hydrogens is 331 g/mol. The van der Waals surface area contributed by atoms with Gasteiger partial charge in [0.05, 0.1) is 0 Å². The van der Waals surface area contributed by atoms with Crippen molar-refractivity contribution < 1.29 is 18.7 Å². The van der Waals surface area contributed by atoms with Gasteiger partial charge in [0.15, 0.2) is 0 Å². The summed E-state index contributed by atoms with van der Waals surface area (Å²) in [5.74, 6) is 1.61. The van der Waals surface area contributed by atoms with E-state index in [4.69, 9.17) is 9.47 Å². The van der Waals surface area contributed by atoms with Crippen molar-refractivity contribution in [1.29, 1.82) is 0 Å². The molecule has 0 fully saturated rings. The average molecular weight is 352 g/mol. The zero-order valence-electron chi connectivity index (χ0n) is 14.8. The third-order valence-electron chi connectivity index (χ3n) is 3.37. The number of rotatable bonds is 6. The lowest BCUT2D eigenvalue weighted by molar-refractivity contribution is 0.112. The minimum Gasteiger partial charge on any atom is -0.489 e. The largest absolute Gasteiger partial charge is 0.489 e. The number of hydrogen-bond acceptors (Lipinski definition) is 3. The zero-order chi connectivity index (χ0) is 18.8. The quantitative estimate of drug-likeness (QED) is 0.508. The summed E-state index contributed by atoms with van der Waals surface area (Å²) in [7, 11) is 0. The Balaban J connectivity index is 0.00000117. The second-order valence-corrected chi connectivity index (χ2v) is 5.18. The smallest absolute Gasteiger partial charge is 0.150 e. The lowest BCUT2D eigenvalue weighted by Gasteiger charge is -2.09. The van der Waals surface area contributed by atoms with E-state index in [0.717, 1.165) is 11.8 Å². The van der Waals surface area contributed by atoms with Crippen molar-refractivity contribution in [2.45, 2.75) is 20.5 Å². The van der Waals surface area contributed by atoms with Crippen molar-refractivity contribution in [3.05, 3.63) is 89.7 Å². The minimum absolute atomic E-state index is 0.301. The predicted molar refractivity (Wildman–Crippen MR) is 100 cm³/mol. The summed E-state index contributed by atoms with van der Waals surface area (Å²) in [6.07, 6.45) is 0.792. The highest BCUT2D eigenvalue weighted by atomic mass is 19.1. The third-order valence-corrected chi connectivity index (χ3v) is 3.37. The first-order valence-electron chi connectivity index (χ1n) is 8.43. The molecule has 0 aromatic heterocycles. The van der Waals surface area contributed by atoms with Gasteiger partial charge in [0, 0.05) is 5.56 Å². The Bertz CT molecular complexity index is 812. The summed E-state index contributed by atoms with van der Waals surface area (Å²) in [4.78, 5) is 10.6. The van der Waals surface area contributed by atoms with Crippen LogP contribution in [0.1, 0.15) is 29.8 Å². The van der Waals surface area contributed by atoms with Crippen LogP contribution >= 0.6 is 0 Å². The summed E-state index contributed by atoms with van der Waals surface area (Å²) < 4.78 is 24.3. The van der Waals surface area contributed by atoms with Gasteiger partial charge in [0.2, 0.25) is 0 Å². The van der Waals surface area contributed by atoms with Gasteiger partial charge >= 0.3 is 0 Å². The summed E-state index contributed by atoms with van der Waals surface area (Å²) in [5.41, 5.74) is 1.55. The van der Waals surface area contributed by atoms with Gasteiger partial charge in [-0.25, -0.2) is 4.39 Å². The fraction of sp³-hybridized carbons (Fsp3) is 0.136. The first-order valence-corrected chi connectivity index (χ1v) is 8.43. The molecule has 0 heterocycles. The summed E-state index contributed by atoms with van der Waals surface area (Å²) in [6.45, 7) is 4.38. The third kappa shape index (κ3) is 5.74. The van der Waals surface area contributed by atoms with Gasteiger partial charge in [-0.3, -0.25) is 4.79 Å². The second kappa shape index (κ2) is 9.99. The SMILES string of the molecule is CC.O=Cc1ccc(OCc2cccc(Oc3ccc(F)cc3)c2)cc1. The molecule has 0 aliphatic carbocycles. The average Bonchev–Trinajstić information content (AvgIpc) is 2.70. The lowest BCUT2D eigenvalue weighted by Crippen LogP contribution is -1.96. The first kappa shape index (κ1) is 19.2. The van der Waals surface area contributed by atoms with E-state index < -0.39 is 0 Å². The number of aldehydes is 1. The zero-order valence-corrected chi connectivity index (χ0v) is 14.8. The Morgan fingerprint density at radius 1 is 0.846 bits per heavy atom. The molecule has 0 saturated carbocycles.